The molecule has 0 aliphatic carbocycles. The first kappa shape index (κ1) is 16.6. The van der Waals surface area contributed by atoms with E-state index >= 15 is 0 Å². The molecule has 4 rings (SSSR count). The van der Waals surface area contributed by atoms with E-state index in [-0.39, 0.29) is 12.3 Å². The summed E-state index contributed by atoms with van der Waals surface area (Å²) in [6.45, 7) is 3.82. The van der Waals surface area contributed by atoms with Crippen LogP contribution in [0.1, 0.15) is 19.2 Å². The molecular formula is C20H22N4O2. The van der Waals surface area contributed by atoms with Gasteiger partial charge in [0.2, 0.25) is 0 Å². The van der Waals surface area contributed by atoms with Crippen LogP contribution in [0.15, 0.2) is 53.3 Å². The topological polar surface area (TPSA) is 65.0 Å². The van der Waals surface area contributed by atoms with Crippen molar-refractivity contribution in [2.24, 2.45) is 0 Å². The standard InChI is InChI=1S/C20H22N4O2/c1-2-22-17-10-5-6-11-18(17)24(20(22)26)14-19-21-15-8-3-4-9-16(15)23(19)12-7-13-25/h3-6,8-11,25H,2,7,12-14H2,1H3. The van der Waals surface area contributed by atoms with Crippen LogP contribution in [0.5, 0.6) is 0 Å². The van der Waals surface area contributed by atoms with Crippen LogP contribution in [0.3, 0.4) is 0 Å². The normalized spacial score (nSPS) is 11.6. The first-order valence-corrected chi connectivity index (χ1v) is 8.97. The fourth-order valence-corrected chi connectivity index (χ4v) is 3.60. The maximum Gasteiger partial charge on any atom is 0.329 e. The summed E-state index contributed by atoms with van der Waals surface area (Å²) in [6, 6.07) is 15.8. The molecule has 0 amide bonds. The number of aliphatic hydroxyl groups is 1. The highest BCUT2D eigenvalue weighted by Crippen LogP contribution is 2.19. The van der Waals surface area contributed by atoms with E-state index in [1.165, 1.54) is 0 Å². The van der Waals surface area contributed by atoms with Crippen LogP contribution in [-0.2, 0) is 19.6 Å². The van der Waals surface area contributed by atoms with Gasteiger partial charge in [0.1, 0.15) is 5.82 Å². The van der Waals surface area contributed by atoms with Gasteiger partial charge in [0.15, 0.2) is 0 Å². The lowest BCUT2D eigenvalue weighted by atomic mass is 10.3. The number of aromatic nitrogens is 4. The first-order chi connectivity index (χ1) is 12.7. The van der Waals surface area contributed by atoms with E-state index in [1.807, 2.05) is 55.5 Å². The molecule has 2 heterocycles. The van der Waals surface area contributed by atoms with Gasteiger partial charge in [-0.25, -0.2) is 9.78 Å². The van der Waals surface area contributed by atoms with E-state index in [0.29, 0.717) is 26.1 Å². The summed E-state index contributed by atoms with van der Waals surface area (Å²) >= 11 is 0. The van der Waals surface area contributed by atoms with E-state index in [2.05, 4.69) is 4.57 Å². The van der Waals surface area contributed by atoms with E-state index in [9.17, 15) is 9.90 Å². The van der Waals surface area contributed by atoms with Crippen LogP contribution in [0, 0.1) is 0 Å². The summed E-state index contributed by atoms with van der Waals surface area (Å²) in [6.07, 6.45) is 0.652. The first-order valence-electron chi connectivity index (χ1n) is 8.97. The second kappa shape index (κ2) is 6.80. The summed E-state index contributed by atoms with van der Waals surface area (Å²) in [7, 11) is 0. The predicted octanol–water partition coefficient (Wildman–Crippen LogP) is 2.60. The van der Waals surface area contributed by atoms with Crippen molar-refractivity contribution in [3.63, 3.8) is 0 Å². The van der Waals surface area contributed by atoms with Crippen molar-refractivity contribution >= 4 is 22.1 Å². The van der Waals surface area contributed by atoms with Crippen molar-refractivity contribution in [1.82, 2.24) is 18.7 Å². The quantitative estimate of drug-likeness (QED) is 0.581. The van der Waals surface area contributed by atoms with Gasteiger partial charge in [-0.3, -0.25) is 9.13 Å². The SMILES string of the molecule is CCn1c(=O)n(Cc2nc3ccccc3n2CCCO)c2ccccc21. The van der Waals surface area contributed by atoms with Crippen LogP contribution in [0.2, 0.25) is 0 Å². The monoisotopic (exact) mass is 350 g/mol. The Hall–Kier alpha value is -2.86. The molecule has 0 bridgehead atoms. The van der Waals surface area contributed by atoms with Gasteiger partial charge in [0.25, 0.3) is 0 Å². The molecule has 6 heteroatoms. The van der Waals surface area contributed by atoms with Crippen molar-refractivity contribution in [2.45, 2.75) is 33.0 Å². The lowest BCUT2D eigenvalue weighted by molar-refractivity contribution is 0.279. The van der Waals surface area contributed by atoms with Crippen molar-refractivity contribution in [2.75, 3.05) is 6.61 Å². The molecule has 0 saturated heterocycles. The third-order valence-electron chi connectivity index (χ3n) is 4.81. The van der Waals surface area contributed by atoms with Crippen LogP contribution in [0.25, 0.3) is 22.1 Å². The van der Waals surface area contributed by atoms with Crippen LogP contribution >= 0.6 is 0 Å². The fourth-order valence-electron chi connectivity index (χ4n) is 3.60. The van der Waals surface area contributed by atoms with Gasteiger partial charge >= 0.3 is 5.69 Å². The summed E-state index contributed by atoms with van der Waals surface area (Å²) in [5.74, 6) is 0.834. The highest BCUT2D eigenvalue weighted by molar-refractivity contribution is 5.77. The summed E-state index contributed by atoms with van der Waals surface area (Å²) in [4.78, 5) is 17.7. The maximum absolute atomic E-state index is 12.9. The number of fused-ring (bicyclic) bond motifs is 2. The zero-order chi connectivity index (χ0) is 18.1. The second-order valence-electron chi connectivity index (χ2n) is 6.35. The molecule has 0 fully saturated rings. The number of imidazole rings is 2. The molecular weight excluding hydrogens is 328 g/mol. The lowest BCUT2D eigenvalue weighted by Gasteiger charge is -2.09. The number of aliphatic hydroxyl groups excluding tert-OH is 1. The molecule has 0 unspecified atom stereocenters. The van der Waals surface area contributed by atoms with E-state index in [0.717, 1.165) is 27.9 Å². The molecule has 0 saturated carbocycles. The Morgan fingerprint density at radius 1 is 0.923 bits per heavy atom. The molecule has 2 aromatic carbocycles. The molecule has 6 nitrogen and oxygen atoms in total. The Balaban J connectivity index is 1.87. The third kappa shape index (κ3) is 2.63. The van der Waals surface area contributed by atoms with Crippen LogP contribution in [-0.4, -0.2) is 30.4 Å². The number of nitrogens with zero attached hydrogens (tertiary/aromatic N) is 4. The fraction of sp³-hybridized carbons (Fsp3) is 0.300. The average Bonchev–Trinajstić information content (AvgIpc) is 3.15. The summed E-state index contributed by atoms with van der Waals surface area (Å²) in [5, 5.41) is 9.25. The molecule has 1 N–H and O–H groups in total. The van der Waals surface area contributed by atoms with Gasteiger partial charge in [-0.05, 0) is 37.6 Å². The van der Waals surface area contributed by atoms with E-state index in [4.69, 9.17) is 4.98 Å². The molecule has 4 aromatic rings. The number of aryl methyl sites for hydroxylation is 2. The van der Waals surface area contributed by atoms with Gasteiger partial charge in [-0.2, -0.15) is 0 Å². The molecule has 0 spiro atoms. The van der Waals surface area contributed by atoms with Crippen molar-refractivity contribution in [1.29, 1.82) is 0 Å². The number of benzene rings is 2. The molecule has 0 aliphatic rings. The molecule has 0 radical (unpaired) electrons. The van der Waals surface area contributed by atoms with E-state index < -0.39 is 0 Å². The summed E-state index contributed by atoms with van der Waals surface area (Å²) in [5.41, 5.74) is 3.78. The smallest absolute Gasteiger partial charge is 0.329 e. The molecule has 0 atom stereocenters. The number of hydrogen-bond donors (Lipinski definition) is 1. The highest BCUT2D eigenvalue weighted by Gasteiger charge is 2.16. The predicted molar refractivity (Wildman–Crippen MR) is 102 cm³/mol. The van der Waals surface area contributed by atoms with Gasteiger partial charge < -0.3 is 9.67 Å². The van der Waals surface area contributed by atoms with Crippen molar-refractivity contribution in [3.05, 3.63) is 64.8 Å². The second-order valence-corrected chi connectivity index (χ2v) is 6.35. The van der Waals surface area contributed by atoms with Gasteiger partial charge in [0, 0.05) is 19.7 Å². The number of para-hydroxylation sites is 4. The van der Waals surface area contributed by atoms with Gasteiger partial charge in [0.05, 0.1) is 28.6 Å². The Morgan fingerprint density at radius 2 is 1.58 bits per heavy atom. The van der Waals surface area contributed by atoms with Crippen LogP contribution in [0.4, 0.5) is 0 Å². The minimum Gasteiger partial charge on any atom is -0.396 e. The number of hydrogen-bond acceptors (Lipinski definition) is 3. The Kier molecular flexibility index (Phi) is 4.34. The minimum absolute atomic E-state index is 0.0190. The highest BCUT2D eigenvalue weighted by atomic mass is 16.3. The Bertz CT molecular complexity index is 1120. The van der Waals surface area contributed by atoms with Crippen LogP contribution < -0.4 is 5.69 Å². The lowest BCUT2D eigenvalue weighted by Crippen LogP contribution is -2.25. The molecule has 26 heavy (non-hydrogen) atoms. The average molecular weight is 350 g/mol. The zero-order valence-electron chi connectivity index (χ0n) is 14.8. The number of rotatable bonds is 6. The zero-order valence-corrected chi connectivity index (χ0v) is 14.8. The minimum atomic E-state index is -0.0190. The molecule has 134 valence electrons. The Labute approximate surface area is 150 Å². The van der Waals surface area contributed by atoms with Crippen molar-refractivity contribution < 1.29 is 5.11 Å². The van der Waals surface area contributed by atoms with E-state index in [1.54, 1.807) is 9.13 Å². The Morgan fingerprint density at radius 3 is 2.27 bits per heavy atom. The third-order valence-corrected chi connectivity index (χ3v) is 4.81. The largest absolute Gasteiger partial charge is 0.396 e. The maximum atomic E-state index is 12.9. The summed E-state index contributed by atoms with van der Waals surface area (Å²) < 4.78 is 5.68. The molecule has 0 aliphatic heterocycles. The van der Waals surface area contributed by atoms with Crippen molar-refractivity contribution in [3.8, 4) is 0 Å². The van der Waals surface area contributed by atoms with Gasteiger partial charge in [-0.1, -0.05) is 24.3 Å². The van der Waals surface area contributed by atoms with Gasteiger partial charge in [-0.15, -0.1) is 0 Å². The molecule has 2 aromatic heterocycles.